The smallest absolute Gasteiger partial charge is 0.128 e. The summed E-state index contributed by atoms with van der Waals surface area (Å²) in [6, 6.07) is 5.88. The molecule has 0 aliphatic rings. The van der Waals surface area contributed by atoms with Crippen molar-refractivity contribution >= 4 is 11.5 Å². The molecular weight excluding hydrogens is 176 g/mol. The molecule has 0 spiro atoms. The van der Waals surface area contributed by atoms with Crippen LogP contribution in [0.4, 0.5) is 11.5 Å². The monoisotopic (exact) mass is 188 g/mol. The summed E-state index contributed by atoms with van der Waals surface area (Å²) in [6.45, 7) is 1.97. The van der Waals surface area contributed by atoms with Gasteiger partial charge in [-0.15, -0.1) is 0 Å². The third-order valence-corrected chi connectivity index (χ3v) is 2.00. The SMILES string of the molecule is Cc1ccc(Nc2ccnn2C)cn1. The molecular formula is C10H12N4. The Hall–Kier alpha value is -1.84. The second-order valence-corrected chi connectivity index (χ2v) is 3.15. The summed E-state index contributed by atoms with van der Waals surface area (Å²) in [5.41, 5.74) is 1.99. The van der Waals surface area contributed by atoms with Crippen LogP contribution in [0.3, 0.4) is 0 Å². The maximum atomic E-state index is 4.20. The van der Waals surface area contributed by atoms with Crippen molar-refractivity contribution in [3.05, 3.63) is 36.3 Å². The lowest BCUT2D eigenvalue weighted by atomic mass is 10.3. The van der Waals surface area contributed by atoms with E-state index < -0.39 is 0 Å². The highest BCUT2D eigenvalue weighted by molar-refractivity contribution is 5.54. The molecule has 0 amide bonds. The second kappa shape index (κ2) is 3.49. The first-order valence-corrected chi connectivity index (χ1v) is 4.43. The minimum Gasteiger partial charge on any atom is -0.339 e. The number of aryl methyl sites for hydroxylation is 2. The molecule has 0 aromatic carbocycles. The second-order valence-electron chi connectivity index (χ2n) is 3.15. The number of aromatic nitrogens is 3. The van der Waals surface area contributed by atoms with Crippen molar-refractivity contribution in [3.63, 3.8) is 0 Å². The van der Waals surface area contributed by atoms with Crippen molar-refractivity contribution in [3.8, 4) is 0 Å². The summed E-state index contributed by atoms with van der Waals surface area (Å²) in [6.07, 6.45) is 3.56. The molecule has 0 unspecified atom stereocenters. The van der Waals surface area contributed by atoms with Gasteiger partial charge in [-0.1, -0.05) is 0 Å². The van der Waals surface area contributed by atoms with E-state index in [1.54, 1.807) is 10.9 Å². The summed E-state index contributed by atoms with van der Waals surface area (Å²) in [5.74, 6) is 0.954. The first kappa shape index (κ1) is 8.74. The molecule has 0 saturated heterocycles. The molecule has 1 N–H and O–H groups in total. The predicted molar refractivity (Wildman–Crippen MR) is 55.5 cm³/mol. The summed E-state index contributed by atoms with van der Waals surface area (Å²) in [7, 11) is 1.89. The standard InChI is InChI=1S/C10H12N4/c1-8-3-4-9(7-11-8)13-10-5-6-12-14(10)2/h3-7,13H,1-2H3. The fraction of sp³-hybridized carbons (Fsp3) is 0.200. The van der Waals surface area contributed by atoms with Gasteiger partial charge in [-0.05, 0) is 19.1 Å². The van der Waals surface area contributed by atoms with E-state index in [2.05, 4.69) is 15.4 Å². The summed E-state index contributed by atoms with van der Waals surface area (Å²) in [4.78, 5) is 4.20. The average molecular weight is 188 g/mol. The van der Waals surface area contributed by atoms with Gasteiger partial charge in [-0.25, -0.2) is 0 Å². The van der Waals surface area contributed by atoms with E-state index in [0.717, 1.165) is 17.2 Å². The van der Waals surface area contributed by atoms with Crippen LogP contribution in [0.25, 0.3) is 0 Å². The molecule has 0 aliphatic heterocycles. The lowest BCUT2D eigenvalue weighted by molar-refractivity contribution is 0.776. The number of rotatable bonds is 2. The molecule has 14 heavy (non-hydrogen) atoms. The van der Waals surface area contributed by atoms with Gasteiger partial charge in [0, 0.05) is 18.8 Å². The molecule has 0 aliphatic carbocycles. The Morgan fingerprint density at radius 1 is 1.29 bits per heavy atom. The van der Waals surface area contributed by atoms with Crippen molar-refractivity contribution in [1.82, 2.24) is 14.8 Å². The largest absolute Gasteiger partial charge is 0.339 e. The van der Waals surface area contributed by atoms with Crippen molar-refractivity contribution in [2.75, 3.05) is 5.32 Å². The lowest BCUT2D eigenvalue weighted by Crippen LogP contribution is -1.99. The van der Waals surface area contributed by atoms with Crippen LogP contribution in [0.1, 0.15) is 5.69 Å². The number of nitrogens with zero attached hydrogens (tertiary/aromatic N) is 3. The van der Waals surface area contributed by atoms with Crippen molar-refractivity contribution in [2.45, 2.75) is 6.92 Å². The Kier molecular flexibility index (Phi) is 2.18. The Morgan fingerprint density at radius 2 is 2.14 bits per heavy atom. The number of anilines is 2. The number of nitrogens with one attached hydrogen (secondary N) is 1. The Labute approximate surface area is 82.6 Å². The fourth-order valence-corrected chi connectivity index (χ4v) is 1.19. The molecule has 4 heteroatoms. The zero-order valence-electron chi connectivity index (χ0n) is 8.23. The first-order valence-electron chi connectivity index (χ1n) is 4.43. The summed E-state index contributed by atoms with van der Waals surface area (Å²) >= 11 is 0. The van der Waals surface area contributed by atoms with Crippen molar-refractivity contribution in [1.29, 1.82) is 0 Å². The number of hydrogen-bond acceptors (Lipinski definition) is 3. The fourth-order valence-electron chi connectivity index (χ4n) is 1.19. The van der Waals surface area contributed by atoms with Gasteiger partial charge in [0.2, 0.25) is 0 Å². The molecule has 0 fully saturated rings. The van der Waals surface area contributed by atoms with Gasteiger partial charge in [0.15, 0.2) is 0 Å². The van der Waals surface area contributed by atoms with Gasteiger partial charge < -0.3 is 5.32 Å². The molecule has 2 aromatic rings. The molecule has 2 aromatic heterocycles. The van der Waals surface area contributed by atoms with Crippen LogP contribution in [0.5, 0.6) is 0 Å². The molecule has 0 bridgehead atoms. The van der Waals surface area contributed by atoms with E-state index in [4.69, 9.17) is 0 Å². The van der Waals surface area contributed by atoms with E-state index in [1.807, 2.05) is 38.4 Å². The van der Waals surface area contributed by atoms with Crippen molar-refractivity contribution in [2.24, 2.45) is 7.05 Å². The highest BCUT2D eigenvalue weighted by Crippen LogP contribution is 2.13. The molecule has 0 saturated carbocycles. The van der Waals surface area contributed by atoms with E-state index >= 15 is 0 Å². The van der Waals surface area contributed by atoms with Gasteiger partial charge in [-0.2, -0.15) is 5.10 Å². The van der Waals surface area contributed by atoms with Crippen LogP contribution in [-0.2, 0) is 7.05 Å². The normalized spacial score (nSPS) is 10.1. The molecule has 4 nitrogen and oxygen atoms in total. The van der Waals surface area contributed by atoms with Crippen LogP contribution in [0, 0.1) is 6.92 Å². The molecule has 0 radical (unpaired) electrons. The topological polar surface area (TPSA) is 42.7 Å². The van der Waals surface area contributed by atoms with Crippen molar-refractivity contribution < 1.29 is 0 Å². The summed E-state index contributed by atoms with van der Waals surface area (Å²) in [5, 5.41) is 7.28. The predicted octanol–water partition coefficient (Wildman–Crippen LogP) is 1.87. The van der Waals surface area contributed by atoms with E-state index in [0.29, 0.717) is 0 Å². The minimum atomic E-state index is 0.954. The van der Waals surface area contributed by atoms with Gasteiger partial charge in [-0.3, -0.25) is 9.67 Å². The Balaban J connectivity index is 2.19. The quantitative estimate of drug-likeness (QED) is 0.782. The zero-order chi connectivity index (χ0) is 9.97. The van der Waals surface area contributed by atoms with E-state index in [1.165, 1.54) is 0 Å². The van der Waals surface area contributed by atoms with Gasteiger partial charge in [0.25, 0.3) is 0 Å². The number of pyridine rings is 1. The minimum absolute atomic E-state index is 0.954. The van der Waals surface area contributed by atoms with Crippen LogP contribution in [0.2, 0.25) is 0 Å². The maximum absolute atomic E-state index is 4.20. The average Bonchev–Trinajstić information content (AvgIpc) is 2.56. The third-order valence-electron chi connectivity index (χ3n) is 2.00. The summed E-state index contributed by atoms with van der Waals surface area (Å²) < 4.78 is 1.78. The molecule has 2 heterocycles. The van der Waals surface area contributed by atoms with Crippen LogP contribution in [-0.4, -0.2) is 14.8 Å². The Bertz CT molecular complexity index is 416. The van der Waals surface area contributed by atoms with Gasteiger partial charge in [0.1, 0.15) is 5.82 Å². The number of hydrogen-bond donors (Lipinski definition) is 1. The zero-order valence-corrected chi connectivity index (χ0v) is 8.23. The van der Waals surface area contributed by atoms with Gasteiger partial charge in [0.05, 0.1) is 18.1 Å². The van der Waals surface area contributed by atoms with Crippen LogP contribution < -0.4 is 5.32 Å². The maximum Gasteiger partial charge on any atom is 0.128 e. The van der Waals surface area contributed by atoms with Gasteiger partial charge >= 0.3 is 0 Å². The van der Waals surface area contributed by atoms with E-state index in [9.17, 15) is 0 Å². The molecule has 2 rings (SSSR count). The van der Waals surface area contributed by atoms with E-state index in [-0.39, 0.29) is 0 Å². The third kappa shape index (κ3) is 1.74. The van der Waals surface area contributed by atoms with Crippen LogP contribution >= 0.6 is 0 Å². The first-order chi connectivity index (χ1) is 6.75. The lowest BCUT2D eigenvalue weighted by Gasteiger charge is -2.05. The molecule has 0 atom stereocenters. The highest BCUT2D eigenvalue weighted by atomic mass is 15.3. The Morgan fingerprint density at radius 3 is 2.71 bits per heavy atom. The van der Waals surface area contributed by atoms with Crippen LogP contribution in [0.15, 0.2) is 30.6 Å². The highest BCUT2D eigenvalue weighted by Gasteiger charge is 1.98. The molecule has 72 valence electrons.